The van der Waals surface area contributed by atoms with Crippen LogP contribution in [0.3, 0.4) is 0 Å². The molecule has 4 aromatic rings. The molecule has 0 bridgehead atoms. The van der Waals surface area contributed by atoms with Crippen molar-refractivity contribution in [3.8, 4) is 0 Å². The number of aryl methyl sites for hydroxylation is 1. The van der Waals surface area contributed by atoms with Gasteiger partial charge in [-0.05, 0) is 36.8 Å². The molecule has 3 aromatic carbocycles. The lowest BCUT2D eigenvalue weighted by molar-refractivity contribution is -0.114. The molecule has 0 aliphatic carbocycles. The van der Waals surface area contributed by atoms with Gasteiger partial charge in [0.15, 0.2) is 5.78 Å². The molecule has 1 aliphatic heterocycles. The van der Waals surface area contributed by atoms with Crippen LogP contribution in [0.2, 0.25) is 0 Å². The van der Waals surface area contributed by atoms with Crippen LogP contribution in [0.15, 0.2) is 121 Å². The minimum absolute atomic E-state index is 0.198. The van der Waals surface area contributed by atoms with Gasteiger partial charge in [-0.15, -0.1) is 0 Å². The van der Waals surface area contributed by atoms with E-state index in [1.54, 1.807) is 35.4 Å². The highest BCUT2D eigenvalue weighted by Gasteiger charge is 2.44. The molecular formula is C29H23N3O2. The first-order valence-corrected chi connectivity index (χ1v) is 11.1. The molecule has 0 spiro atoms. The number of nitrogens with zero attached hydrogens (tertiary/aromatic N) is 2. The molecule has 0 saturated heterocycles. The van der Waals surface area contributed by atoms with Crippen LogP contribution in [-0.2, 0) is 4.79 Å². The summed E-state index contributed by atoms with van der Waals surface area (Å²) in [6, 6.07) is 31.2. The lowest BCUT2D eigenvalue weighted by Gasteiger charge is -2.26. The number of amides is 1. The normalized spacial score (nSPS) is 15.5. The SMILES string of the molecule is Cc1ccc(NC2=C(C(=O)c3ccccc3)[C@@H](c3ccccc3)N(c3ccccn3)C2=O)cc1. The van der Waals surface area contributed by atoms with Crippen LogP contribution in [0.4, 0.5) is 11.5 Å². The van der Waals surface area contributed by atoms with Crippen LogP contribution in [0.25, 0.3) is 0 Å². The van der Waals surface area contributed by atoms with Crippen LogP contribution in [0, 0.1) is 6.92 Å². The highest BCUT2D eigenvalue weighted by atomic mass is 16.2. The average Bonchev–Trinajstić information content (AvgIpc) is 3.18. The molecule has 1 aromatic heterocycles. The summed E-state index contributed by atoms with van der Waals surface area (Å²) in [5, 5.41) is 3.26. The van der Waals surface area contributed by atoms with Crippen LogP contribution in [0.5, 0.6) is 0 Å². The fourth-order valence-corrected chi connectivity index (χ4v) is 4.19. The van der Waals surface area contributed by atoms with Gasteiger partial charge < -0.3 is 5.32 Å². The summed E-state index contributed by atoms with van der Waals surface area (Å²) < 4.78 is 0. The standard InChI is InChI=1S/C29H23N3O2/c1-20-15-17-23(18-16-20)31-26-25(28(33)22-12-6-3-7-13-22)27(21-10-4-2-5-11-21)32(29(26)34)24-14-8-9-19-30-24/h2-19,27,31H,1H3/t27-/m1/s1. The van der Waals surface area contributed by atoms with Gasteiger partial charge in [0, 0.05) is 17.4 Å². The summed E-state index contributed by atoms with van der Waals surface area (Å²) in [5.74, 6) is -0.0105. The van der Waals surface area contributed by atoms with Gasteiger partial charge in [0.1, 0.15) is 11.5 Å². The molecule has 34 heavy (non-hydrogen) atoms. The van der Waals surface area contributed by atoms with Crippen molar-refractivity contribution in [2.24, 2.45) is 0 Å². The Balaban J connectivity index is 1.71. The van der Waals surface area contributed by atoms with Crippen molar-refractivity contribution in [1.82, 2.24) is 4.98 Å². The number of Topliss-reactive ketones (excluding diaryl/α,β-unsaturated/α-hetero) is 1. The van der Waals surface area contributed by atoms with E-state index in [9.17, 15) is 9.59 Å². The number of hydrogen-bond acceptors (Lipinski definition) is 4. The second-order valence-corrected chi connectivity index (χ2v) is 8.15. The van der Waals surface area contributed by atoms with E-state index in [-0.39, 0.29) is 17.4 Å². The zero-order valence-corrected chi connectivity index (χ0v) is 18.7. The van der Waals surface area contributed by atoms with Crippen molar-refractivity contribution in [2.45, 2.75) is 13.0 Å². The maximum atomic E-state index is 13.9. The minimum Gasteiger partial charge on any atom is -0.351 e. The molecule has 0 radical (unpaired) electrons. The minimum atomic E-state index is -0.621. The van der Waals surface area contributed by atoms with Crippen molar-refractivity contribution in [3.05, 3.63) is 137 Å². The Hall–Kier alpha value is -4.51. The molecule has 1 atom stereocenters. The van der Waals surface area contributed by atoms with Crippen LogP contribution in [0.1, 0.15) is 27.5 Å². The van der Waals surface area contributed by atoms with E-state index < -0.39 is 6.04 Å². The zero-order chi connectivity index (χ0) is 23.5. The third-order valence-electron chi connectivity index (χ3n) is 5.85. The Labute approximate surface area is 198 Å². The number of carbonyl (C=O) groups excluding carboxylic acids is 2. The lowest BCUT2D eigenvalue weighted by atomic mass is 9.92. The number of nitrogens with one attached hydrogen (secondary N) is 1. The van der Waals surface area contributed by atoms with E-state index >= 15 is 0 Å². The first kappa shape index (κ1) is 21.3. The number of ketones is 1. The molecule has 0 unspecified atom stereocenters. The number of anilines is 2. The number of benzene rings is 3. The molecule has 1 N–H and O–H groups in total. The fourth-order valence-electron chi connectivity index (χ4n) is 4.19. The van der Waals surface area contributed by atoms with E-state index in [0.717, 1.165) is 16.8 Å². The van der Waals surface area contributed by atoms with Gasteiger partial charge in [-0.2, -0.15) is 0 Å². The molecule has 0 saturated carbocycles. The van der Waals surface area contributed by atoms with Gasteiger partial charge in [-0.1, -0.05) is 84.4 Å². The molecule has 0 fully saturated rings. The van der Waals surface area contributed by atoms with E-state index in [2.05, 4.69) is 10.3 Å². The molecule has 1 amide bonds. The topological polar surface area (TPSA) is 62.3 Å². The summed E-state index contributed by atoms with van der Waals surface area (Å²) in [7, 11) is 0. The van der Waals surface area contributed by atoms with Crippen LogP contribution >= 0.6 is 0 Å². The third kappa shape index (κ3) is 3.99. The number of pyridine rings is 1. The Morgan fingerprint density at radius 1 is 0.824 bits per heavy atom. The quantitative estimate of drug-likeness (QED) is 0.385. The Morgan fingerprint density at radius 2 is 1.47 bits per heavy atom. The van der Waals surface area contributed by atoms with E-state index in [4.69, 9.17) is 0 Å². The van der Waals surface area contributed by atoms with Crippen molar-refractivity contribution < 1.29 is 9.59 Å². The van der Waals surface area contributed by atoms with Crippen molar-refractivity contribution >= 4 is 23.2 Å². The van der Waals surface area contributed by atoms with Crippen molar-refractivity contribution in [1.29, 1.82) is 0 Å². The Bertz CT molecular complexity index is 1350. The largest absolute Gasteiger partial charge is 0.351 e. The van der Waals surface area contributed by atoms with Crippen LogP contribution < -0.4 is 10.2 Å². The predicted octanol–water partition coefficient (Wildman–Crippen LogP) is 5.73. The molecule has 5 nitrogen and oxygen atoms in total. The second kappa shape index (κ2) is 9.16. The smallest absolute Gasteiger partial charge is 0.277 e. The van der Waals surface area contributed by atoms with E-state index in [1.807, 2.05) is 85.8 Å². The highest BCUT2D eigenvalue weighted by Crippen LogP contribution is 2.42. The van der Waals surface area contributed by atoms with Crippen molar-refractivity contribution in [2.75, 3.05) is 10.2 Å². The molecule has 5 rings (SSSR count). The molecule has 166 valence electrons. The zero-order valence-electron chi connectivity index (χ0n) is 18.7. The number of hydrogen-bond donors (Lipinski definition) is 1. The first-order valence-electron chi connectivity index (χ1n) is 11.1. The maximum absolute atomic E-state index is 13.9. The Morgan fingerprint density at radius 3 is 2.12 bits per heavy atom. The molecular weight excluding hydrogens is 422 g/mol. The van der Waals surface area contributed by atoms with Crippen molar-refractivity contribution in [3.63, 3.8) is 0 Å². The van der Waals surface area contributed by atoms with E-state index in [0.29, 0.717) is 17.0 Å². The third-order valence-corrected chi connectivity index (χ3v) is 5.85. The second-order valence-electron chi connectivity index (χ2n) is 8.15. The fraction of sp³-hybridized carbons (Fsp3) is 0.0690. The summed E-state index contributed by atoms with van der Waals surface area (Å²) in [6.07, 6.45) is 1.65. The monoisotopic (exact) mass is 445 g/mol. The van der Waals surface area contributed by atoms with Gasteiger partial charge in [0.25, 0.3) is 5.91 Å². The van der Waals surface area contributed by atoms with Gasteiger partial charge in [-0.3, -0.25) is 14.5 Å². The van der Waals surface area contributed by atoms with E-state index in [1.165, 1.54) is 0 Å². The molecule has 2 heterocycles. The lowest BCUT2D eigenvalue weighted by Crippen LogP contribution is -2.32. The van der Waals surface area contributed by atoms with Gasteiger partial charge in [0.2, 0.25) is 0 Å². The number of aromatic nitrogens is 1. The summed E-state index contributed by atoms with van der Waals surface area (Å²) >= 11 is 0. The maximum Gasteiger partial charge on any atom is 0.277 e. The summed E-state index contributed by atoms with van der Waals surface area (Å²) in [6.45, 7) is 2.00. The first-order chi connectivity index (χ1) is 16.6. The highest BCUT2D eigenvalue weighted by molar-refractivity contribution is 6.22. The summed E-state index contributed by atoms with van der Waals surface area (Å²) in [4.78, 5) is 33.9. The molecule has 1 aliphatic rings. The average molecular weight is 446 g/mol. The van der Waals surface area contributed by atoms with Gasteiger partial charge in [0.05, 0.1) is 11.6 Å². The van der Waals surface area contributed by atoms with Gasteiger partial charge >= 0.3 is 0 Å². The summed E-state index contributed by atoms with van der Waals surface area (Å²) in [5.41, 5.74) is 3.86. The predicted molar refractivity (Wildman–Crippen MR) is 134 cm³/mol. The number of rotatable bonds is 6. The van der Waals surface area contributed by atoms with Crippen LogP contribution in [-0.4, -0.2) is 16.7 Å². The Kier molecular flexibility index (Phi) is 5.75. The number of carbonyl (C=O) groups is 2. The van der Waals surface area contributed by atoms with Gasteiger partial charge in [-0.25, -0.2) is 4.98 Å². The molecule has 5 heteroatoms.